The third kappa shape index (κ3) is 4.37. The van der Waals surface area contributed by atoms with Crippen molar-refractivity contribution in [1.82, 2.24) is 0 Å². The third-order valence-electron chi connectivity index (χ3n) is 3.73. The van der Waals surface area contributed by atoms with Gasteiger partial charge in [-0.05, 0) is 71.4 Å². The van der Waals surface area contributed by atoms with Crippen LogP contribution in [0.25, 0.3) is 0 Å². The molecule has 0 radical (unpaired) electrons. The van der Waals surface area contributed by atoms with Crippen molar-refractivity contribution < 1.29 is 14.3 Å². The Morgan fingerprint density at radius 2 is 1.54 bits per heavy atom. The van der Waals surface area contributed by atoms with E-state index < -0.39 is 5.97 Å². The van der Waals surface area contributed by atoms with Gasteiger partial charge in [0.2, 0.25) is 0 Å². The van der Waals surface area contributed by atoms with Crippen molar-refractivity contribution in [2.75, 3.05) is 5.32 Å². The summed E-state index contributed by atoms with van der Waals surface area (Å²) >= 11 is 3.32. The van der Waals surface area contributed by atoms with Crippen molar-refractivity contribution in [2.24, 2.45) is 0 Å². The summed E-state index contributed by atoms with van der Waals surface area (Å²) < 4.78 is 6.01. The van der Waals surface area contributed by atoms with Crippen LogP contribution < -0.4 is 10.1 Å². The first kappa shape index (κ1) is 17.9. The molecule has 0 aliphatic heterocycles. The Kier molecular flexibility index (Phi) is 5.49. The number of hydrogen-bond acceptors (Lipinski definition) is 3. The van der Waals surface area contributed by atoms with Crippen LogP contribution in [0.4, 0.5) is 5.69 Å². The van der Waals surface area contributed by atoms with Gasteiger partial charge >= 0.3 is 5.97 Å². The number of carbonyl (C=O) groups is 2. The molecule has 26 heavy (non-hydrogen) atoms. The highest BCUT2D eigenvalue weighted by Crippen LogP contribution is 2.20. The predicted molar refractivity (Wildman–Crippen MR) is 105 cm³/mol. The molecule has 130 valence electrons. The van der Waals surface area contributed by atoms with Gasteiger partial charge in [-0.1, -0.05) is 29.8 Å². The van der Waals surface area contributed by atoms with Gasteiger partial charge in [0, 0.05) is 15.7 Å². The largest absolute Gasteiger partial charge is 0.423 e. The molecule has 5 heteroatoms. The quantitative estimate of drug-likeness (QED) is 0.474. The van der Waals surface area contributed by atoms with Crippen molar-refractivity contribution in [2.45, 2.75) is 6.92 Å². The Hall–Kier alpha value is -2.92. The van der Waals surface area contributed by atoms with Crippen molar-refractivity contribution in [3.05, 3.63) is 94.0 Å². The molecule has 3 aromatic carbocycles. The number of benzene rings is 3. The zero-order chi connectivity index (χ0) is 18.5. The Balaban J connectivity index is 1.66. The first-order valence-electron chi connectivity index (χ1n) is 7.98. The highest BCUT2D eigenvalue weighted by atomic mass is 79.9. The minimum Gasteiger partial charge on any atom is -0.423 e. The van der Waals surface area contributed by atoms with Crippen molar-refractivity contribution in [1.29, 1.82) is 0 Å². The summed E-state index contributed by atoms with van der Waals surface area (Å²) in [4.78, 5) is 24.5. The van der Waals surface area contributed by atoms with Gasteiger partial charge in [0.15, 0.2) is 0 Å². The molecule has 0 heterocycles. The van der Waals surface area contributed by atoms with Crippen LogP contribution in [-0.4, -0.2) is 11.9 Å². The average Bonchev–Trinajstić information content (AvgIpc) is 2.64. The van der Waals surface area contributed by atoms with Crippen LogP contribution in [0.1, 0.15) is 26.3 Å². The first-order chi connectivity index (χ1) is 12.5. The number of esters is 1. The summed E-state index contributed by atoms with van der Waals surface area (Å²) in [7, 11) is 0. The van der Waals surface area contributed by atoms with E-state index in [9.17, 15) is 9.59 Å². The van der Waals surface area contributed by atoms with Crippen LogP contribution >= 0.6 is 15.9 Å². The third-order valence-corrected chi connectivity index (χ3v) is 4.42. The SMILES string of the molecule is Cc1ccc(NC(=O)c2ccc(OC(=O)c3ccccc3Br)cc2)cc1. The van der Waals surface area contributed by atoms with Gasteiger partial charge in [0.1, 0.15) is 5.75 Å². The van der Waals surface area contributed by atoms with Crippen LogP contribution in [0, 0.1) is 6.92 Å². The Labute approximate surface area is 159 Å². The normalized spacial score (nSPS) is 10.2. The second kappa shape index (κ2) is 7.97. The maximum Gasteiger partial charge on any atom is 0.344 e. The summed E-state index contributed by atoms with van der Waals surface area (Å²) in [5.74, 6) is -0.315. The standard InChI is InChI=1S/C21H16BrNO3/c1-14-6-10-16(11-7-14)23-20(24)15-8-12-17(13-9-15)26-21(25)18-4-2-3-5-19(18)22/h2-13H,1H3,(H,23,24). The summed E-state index contributed by atoms with van der Waals surface area (Å²) in [5.41, 5.74) is 2.77. The molecule has 0 atom stereocenters. The van der Waals surface area contributed by atoms with Crippen LogP contribution in [0.2, 0.25) is 0 Å². The molecule has 0 spiro atoms. The summed E-state index contributed by atoms with van der Waals surface area (Å²) in [5, 5.41) is 2.83. The molecule has 0 saturated carbocycles. The number of aryl methyl sites for hydroxylation is 1. The Morgan fingerprint density at radius 3 is 2.19 bits per heavy atom. The fourth-order valence-electron chi connectivity index (χ4n) is 2.30. The lowest BCUT2D eigenvalue weighted by Crippen LogP contribution is -2.12. The van der Waals surface area contributed by atoms with E-state index in [2.05, 4.69) is 21.2 Å². The molecule has 3 rings (SSSR count). The molecule has 0 bridgehead atoms. The highest BCUT2D eigenvalue weighted by molar-refractivity contribution is 9.10. The minimum absolute atomic E-state index is 0.225. The maximum atomic E-state index is 12.3. The van der Waals surface area contributed by atoms with Crippen LogP contribution in [0.3, 0.4) is 0 Å². The number of amides is 1. The molecular formula is C21H16BrNO3. The fraction of sp³-hybridized carbons (Fsp3) is 0.0476. The Morgan fingerprint density at radius 1 is 0.885 bits per heavy atom. The van der Waals surface area contributed by atoms with Crippen LogP contribution in [0.5, 0.6) is 5.75 Å². The number of carbonyl (C=O) groups excluding carboxylic acids is 2. The van der Waals surface area contributed by atoms with Gasteiger partial charge in [0.25, 0.3) is 5.91 Å². The predicted octanol–water partition coefficient (Wildman–Crippen LogP) is 5.23. The zero-order valence-corrected chi connectivity index (χ0v) is 15.6. The average molecular weight is 410 g/mol. The molecule has 3 aromatic rings. The van der Waals surface area contributed by atoms with E-state index in [-0.39, 0.29) is 5.91 Å². The van der Waals surface area contributed by atoms with E-state index in [1.807, 2.05) is 37.3 Å². The molecule has 0 fully saturated rings. The highest BCUT2D eigenvalue weighted by Gasteiger charge is 2.12. The number of nitrogens with one attached hydrogen (secondary N) is 1. The topological polar surface area (TPSA) is 55.4 Å². The van der Waals surface area contributed by atoms with E-state index >= 15 is 0 Å². The van der Waals surface area contributed by atoms with Crippen molar-refractivity contribution in [3.8, 4) is 5.75 Å². The molecule has 0 unspecified atom stereocenters. The second-order valence-corrected chi connectivity index (χ2v) is 6.57. The van der Waals surface area contributed by atoms with Gasteiger partial charge in [-0.3, -0.25) is 4.79 Å². The molecule has 0 aromatic heterocycles. The summed E-state index contributed by atoms with van der Waals surface area (Å²) in [6.07, 6.45) is 0. The lowest BCUT2D eigenvalue weighted by atomic mass is 10.2. The summed E-state index contributed by atoms with van der Waals surface area (Å²) in [6.45, 7) is 1.99. The maximum absolute atomic E-state index is 12.3. The smallest absolute Gasteiger partial charge is 0.344 e. The van der Waals surface area contributed by atoms with E-state index in [1.54, 1.807) is 42.5 Å². The van der Waals surface area contributed by atoms with Crippen molar-refractivity contribution >= 4 is 33.5 Å². The van der Waals surface area contributed by atoms with Crippen LogP contribution in [-0.2, 0) is 0 Å². The van der Waals surface area contributed by atoms with E-state index in [0.29, 0.717) is 21.3 Å². The number of rotatable bonds is 4. The number of anilines is 1. The van der Waals surface area contributed by atoms with Crippen LogP contribution in [0.15, 0.2) is 77.3 Å². The zero-order valence-electron chi connectivity index (χ0n) is 14.0. The minimum atomic E-state index is -0.464. The molecule has 1 N–H and O–H groups in total. The van der Waals surface area contributed by atoms with Gasteiger partial charge in [-0.25, -0.2) is 4.79 Å². The molecule has 0 saturated heterocycles. The van der Waals surface area contributed by atoms with Gasteiger partial charge in [-0.2, -0.15) is 0 Å². The van der Waals surface area contributed by atoms with Crippen molar-refractivity contribution in [3.63, 3.8) is 0 Å². The van der Waals surface area contributed by atoms with E-state index in [1.165, 1.54) is 0 Å². The molecule has 4 nitrogen and oxygen atoms in total. The summed E-state index contributed by atoms with van der Waals surface area (Å²) in [6, 6.07) is 21.0. The lowest BCUT2D eigenvalue weighted by molar-refractivity contribution is 0.0733. The Bertz CT molecular complexity index is 934. The second-order valence-electron chi connectivity index (χ2n) is 5.71. The van der Waals surface area contributed by atoms with Gasteiger partial charge < -0.3 is 10.1 Å². The molecule has 1 amide bonds. The molecular weight excluding hydrogens is 394 g/mol. The number of hydrogen-bond donors (Lipinski definition) is 1. The molecule has 0 aliphatic rings. The van der Waals surface area contributed by atoms with Gasteiger partial charge in [-0.15, -0.1) is 0 Å². The first-order valence-corrected chi connectivity index (χ1v) is 8.77. The van der Waals surface area contributed by atoms with E-state index in [4.69, 9.17) is 4.74 Å². The molecule has 0 aliphatic carbocycles. The number of halogens is 1. The number of ether oxygens (including phenoxy) is 1. The van der Waals surface area contributed by atoms with E-state index in [0.717, 1.165) is 11.3 Å². The monoisotopic (exact) mass is 409 g/mol. The van der Waals surface area contributed by atoms with Gasteiger partial charge in [0.05, 0.1) is 5.56 Å². The fourth-order valence-corrected chi connectivity index (χ4v) is 2.75. The lowest BCUT2D eigenvalue weighted by Gasteiger charge is -2.08.